The van der Waals surface area contributed by atoms with Crippen LogP contribution in [0.5, 0.6) is 11.5 Å². The van der Waals surface area contributed by atoms with Gasteiger partial charge in [0.15, 0.2) is 0 Å². The van der Waals surface area contributed by atoms with E-state index in [0.29, 0.717) is 11.3 Å². The van der Waals surface area contributed by atoms with Gasteiger partial charge in [0.2, 0.25) is 0 Å². The van der Waals surface area contributed by atoms with E-state index in [1.165, 1.54) is 25.3 Å². The second kappa shape index (κ2) is 6.11. The summed E-state index contributed by atoms with van der Waals surface area (Å²) < 4.78 is 68.1. The summed E-state index contributed by atoms with van der Waals surface area (Å²) in [5.41, 5.74) is -3.33. The highest BCUT2D eigenvalue weighted by molar-refractivity contribution is 7.88. The van der Waals surface area contributed by atoms with Gasteiger partial charge in [-0.05, 0) is 47.9 Å². The van der Waals surface area contributed by atoms with Crippen molar-refractivity contribution in [3.63, 3.8) is 0 Å². The molecular weight excluding hydrogens is 333 g/mol. The highest BCUT2D eigenvalue weighted by Gasteiger charge is 2.48. The molecule has 0 saturated carbocycles. The van der Waals surface area contributed by atoms with E-state index < -0.39 is 21.4 Å². The maximum absolute atomic E-state index is 12.3. The van der Waals surface area contributed by atoms with Crippen LogP contribution in [-0.4, -0.2) is 21.0 Å². The molecule has 0 aliphatic heterocycles. The molecule has 0 N–H and O–H groups in total. The molecule has 0 aliphatic carbocycles. The van der Waals surface area contributed by atoms with Gasteiger partial charge in [0, 0.05) is 0 Å². The molecule has 0 fully saturated rings. The Labute approximate surface area is 131 Å². The van der Waals surface area contributed by atoms with Crippen molar-refractivity contribution in [2.45, 2.75) is 12.4 Å². The van der Waals surface area contributed by atoms with Crippen molar-refractivity contribution in [3.05, 3.63) is 48.0 Å². The number of hydrogen-bond donors (Lipinski definition) is 0. The van der Waals surface area contributed by atoms with Crippen LogP contribution in [-0.2, 0) is 10.1 Å². The largest absolute Gasteiger partial charge is 0.534 e. The Kier molecular flexibility index (Phi) is 4.56. The van der Waals surface area contributed by atoms with E-state index in [1.807, 2.05) is 0 Å². The van der Waals surface area contributed by atoms with E-state index >= 15 is 0 Å². The molecule has 0 spiro atoms. The van der Waals surface area contributed by atoms with Crippen LogP contribution in [0.25, 0.3) is 11.1 Å². The van der Waals surface area contributed by atoms with Gasteiger partial charge in [-0.3, -0.25) is 0 Å². The number of hydrogen-bond acceptors (Lipinski definition) is 4. The van der Waals surface area contributed by atoms with Crippen molar-refractivity contribution < 1.29 is 30.5 Å². The molecule has 2 aromatic carbocycles. The van der Waals surface area contributed by atoms with E-state index in [-0.39, 0.29) is 0 Å². The Hall–Kier alpha value is -2.22. The average Bonchev–Trinajstić information content (AvgIpc) is 2.46. The highest BCUT2D eigenvalue weighted by Crippen LogP contribution is 2.31. The lowest BCUT2D eigenvalue weighted by Crippen LogP contribution is -2.28. The molecule has 0 bridgehead atoms. The van der Waals surface area contributed by atoms with Crippen LogP contribution in [0, 0.1) is 6.92 Å². The molecule has 0 aromatic heterocycles. The first-order chi connectivity index (χ1) is 10.6. The number of methoxy groups -OCH3 is 1. The van der Waals surface area contributed by atoms with E-state index in [2.05, 4.69) is 4.18 Å². The Morgan fingerprint density at radius 2 is 1.52 bits per heavy atom. The van der Waals surface area contributed by atoms with Crippen LogP contribution >= 0.6 is 0 Å². The van der Waals surface area contributed by atoms with Crippen molar-refractivity contribution in [2.75, 3.05) is 7.11 Å². The van der Waals surface area contributed by atoms with Crippen LogP contribution in [0.2, 0.25) is 0 Å². The maximum Gasteiger partial charge on any atom is 0.534 e. The monoisotopic (exact) mass is 346 g/mol. The van der Waals surface area contributed by atoms with Gasteiger partial charge in [-0.25, -0.2) is 0 Å². The molecule has 23 heavy (non-hydrogen) atoms. The second-order valence-corrected chi connectivity index (χ2v) is 6.23. The van der Waals surface area contributed by atoms with Crippen molar-refractivity contribution in [2.24, 2.45) is 0 Å². The number of ether oxygens (including phenoxy) is 1. The SMILES string of the molecule is COc1ccc(-c2ccc(OS(=O)(=O)C(F)(F)F)cc2C)cc1. The first-order valence-electron chi connectivity index (χ1n) is 6.40. The van der Waals surface area contributed by atoms with Gasteiger partial charge in [-0.15, -0.1) is 0 Å². The fourth-order valence-electron chi connectivity index (χ4n) is 1.96. The fourth-order valence-corrected chi connectivity index (χ4v) is 2.41. The molecule has 124 valence electrons. The van der Waals surface area contributed by atoms with Crippen molar-refractivity contribution in [1.29, 1.82) is 0 Å². The van der Waals surface area contributed by atoms with Gasteiger partial charge in [0.05, 0.1) is 7.11 Å². The smallest absolute Gasteiger partial charge is 0.497 e. The van der Waals surface area contributed by atoms with Crippen molar-refractivity contribution in [1.82, 2.24) is 0 Å². The lowest BCUT2D eigenvalue weighted by molar-refractivity contribution is -0.0500. The minimum absolute atomic E-state index is 0.392. The van der Waals surface area contributed by atoms with Crippen LogP contribution in [0.3, 0.4) is 0 Å². The summed E-state index contributed by atoms with van der Waals surface area (Å²) in [5.74, 6) is 0.278. The zero-order valence-electron chi connectivity index (χ0n) is 12.2. The zero-order valence-corrected chi connectivity index (χ0v) is 13.0. The predicted molar refractivity (Wildman–Crippen MR) is 78.8 cm³/mol. The third-order valence-corrected chi connectivity index (χ3v) is 4.07. The lowest BCUT2D eigenvalue weighted by atomic mass is 10.0. The minimum atomic E-state index is -5.67. The van der Waals surface area contributed by atoms with Crippen LogP contribution < -0.4 is 8.92 Å². The molecule has 0 amide bonds. The van der Waals surface area contributed by atoms with Crippen molar-refractivity contribution >= 4 is 10.1 Å². The molecule has 2 aromatic rings. The number of halogens is 3. The molecule has 0 saturated heterocycles. The first kappa shape index (κ1) is 17.1. The minimum Gasteiger partial charge on any atom is -0.497 e. The van der Waals surface area contributed by atoms with E-state index in [9.17, 15) is 21.6 Å². The Balaban J connectivity index is 2.31. The molecular formula is C15H13F3O4S. The molecule has 0 radical (unpaired) electrons. The summed E-state index contributed by atoms with van der Waals surface area (Å²) in [4.78, 5) is 0. The molecule has 0 unspecified atom stereocenters. The summed E-state index contributed by atoms with van der Waals surface area (Å²) in [5, 5.41) is 0. The van der Waals surface area contributed by atoms with Crippen LogP contribution in [0.1, 0.15) is 5.56 Å². The first-order valence-corrected chi connectivity index (χ1v) is 7.81. The van der Waals surface area contributed by atoms with E-state index in [0.717, 1.165) is 11.1 Å². The Morgan fingerprint density at radius 1 is 0.957 bits per heavy atom. The lowest BCUT2D eigenvalue weighted by Gasteiger charge is -2.12. The molecule has 0 atom stereocenters. The van der Waals surface area contributed by atoms with Gasteiger partial charge in [0.1, 0.15) is 11.5 Å². The summed E-state index contributed by atoms with van der Waals surface area (Å²) in [6.45, 7) is 1.65. The van der Waals surface area contributed by atoms with Crippen LogP contribution in [0.15, 0.2) is 42.5 Å². The summed E-state index contributed by atoms with van der Waals surface area (Å²) in [6.07, 6.45) is 0. The summed E-state index contributed by atoms with van der Waals surface area (Å²) in [6, 6.07) is 11.0. The van der Waals surface area contributed by atoms with Gasteiger partial charge in [-0.1, -0.05) is 18.2 Å². The summed E-state index contributed by atoms with van der Waals surface area (Å²) >= 11 is 0. The Morgan fingerprint density at radius 3 is 2.00 bits per heavy atom. The second-order valence-electron chi connectivity index (χ2n) is 4.69. The molecule has 0 heterocycles. The normalized spacial score (nSPS) is 12.0. The van der Waals surface area contributed by atoms with Crippen LogP contribution in [0.4, 0.5) is 13.2 Å². The number of aryl methyl sites for hydroxylation is 1. The molecule has 4 nitrogen and oxygen atoms in total. The molecule has 2 rings (SSSR count). The molecule has 0 aliphatic rings. The zero-order chi connectivity index (χ0) is 17.3. The third kappa shape index (κ3) is 3.76. The number of benzene rings is 2. The third-order valence-electron chi connectivity index (χ3n) is 3.09. The fraction of sp³-hybridized carbons (Fsp3) is 0.200. The average molecular weight is 346 g/mol. The molecule has 8 heteroatoms. The van der Waals surface area contributed by atoms with E-state index in [1.54, 1.807) is 31.2 Å². The van der Waals surface area contributed by atoms with Gasteiger partial charge >= 0.3 is 15.6 Å². The van der Waals surface area contributed by atoms with Gasteiger partial charge in [0.25, 0.3) is 0 Å². The topological polar surface area (TPSA) is 52.6 Å². The predicted octanol–water partition coefficient (Wildman–Crippen LogP) is 3.90. The van der Waals surface area contributed by atoms with E-state index in [4.69, 9.17) is 4.74 Å². The van der Waals surface area contributed by atoms with Gasteiger partial charge < -0.3 is 8.92 Å². The number of rotatable bonds is 4. The Bertz CT molecular complexity index is 796. The van der Waals surface area contributed by atoms with Gasteiger partial charge in [-0.2, -0.15) is 21.6 Å². The maximum atomic E-state index is 12.3. The highest BCUT2D eigenvalue weighted by atomic mass is 32.2. The number of alkyl halides is 3. The quantitative estimate of drug-likeness (QED) is 0.622. The standard InChI is InChI=1S/C15H13F3O4S/c1-10-9-13(22-23(19,20)15(16,17)18)7-8-14(10)11-3-5-12(21-2)6-4-11/h3-9H,1-2H3. The summed E-state index contributed by atoms with van der Waals surface area (Å²) in [7, 11) is -4.14. The van der Waals surface area contributed by atoms with Crippen molar-refractivity contribution in [3.8, 4) is 22.6 Å².